The SMILES string of the molecule is N=C(N)SC(=N)c1ccc2[nH]cc(-c3cncc(N4CCOCC4)n3)c2c1. The number of nitrogens with one attached hydrogen (secondary N) is 3. The molecule has 0 radical (unpaired) electrons. The summed E-state index contributed by atoms with van der Waals surface area (Å²) in [5.41, 5.74) is 8.76. The van der Waals surface area contributed by atoms with E-state index in [4.69, 9.17) is 26.3 Å². The normalized spacial score (nSPS) is 14.4. The topological polar surface area (TPSA) is 128 Å². The Bertz CT molecular complexity index is 1010. The van der Waals surface area contributed by atoms with Crippen molar-refractivity contribution in [1.82, 2.24) is 15.0 Å². The average Bonchev–Trinajstić information content (AvgIpc) is 3.11. The predicted molar refractivity (Wildman–Crippen MR) is 109 cm³/mol. The van der Waals surface area contributed by atoms with Gasteiger partial charge in [0.1, 0.15) is 10.9 Å². The van der Waals surface area contributed by atoms with Crippen LogP contribution in [0, 0.1) is 10.8 Å². The number of rotatable bonds is 3. The van der Waals surface area contributed by atoms with E-state index in [2.05, 4.69) is 14.9 Å². The van der Waals surface area contributed by atoms with Crippen LogP contribution in [0.15, 0.2) is 36.8 Å². The number of thioether (sulfide) groups is 1. The Morgan fingerprint density at radius 2 is 2.04 bits per heavy atom. The molecule has 27 heavy (non-hydrogen) atoms. The number of H-pyrrole nitrogens is 1. The highest BCUT2D eigenvalue weighted by Gasteiger charge is 2.16. The van der Waals surface area contributed by atoms with Gasteiger partial charge in [-0.3, -0.25) is 15.8 Å². The first-order valence-electron chi connectivity index (χ1n) is 8.49. The molecule has 9 heteroatoms. The van der Waals surface area contributed by atoms with Crippen LogP contribution in [0.2, 0.25) is 0 Å². The lowest BCUT2D eigenvalue weighted by Crippen LogP contribution is -2.36. The first kappa shape index (κ1) is 17.5. The van der Waals surface area contributed by atoms with Crippen molar-refractivity contribution in [2.24, 2.45) is 5.73 Å². The molecular weight excluding hydrogens is 362 g/mol. The molecule has 0 spiro atoms. The molecule has 1 aliphatic heterocycles. The maximum Gasteiger partial charge on any atom is 0.157 e. The predicted octanol–water partition coefficient (Wildman–Crippen LogP) is 2.41. The lowest BCUT2D eigenvalue weighted by molar-refractivity contribution is 0.122. The fraction of sp³-hybridized carbons (Fsp3) is 0.222. The number of ether oxygens (including phenoxy) is 1. The second kappa shape index (κ2) is 7.37. The fourth-order valence-electron chi connectivity index (χ4n) is 3.07. The van der Waals surface area contributed by atoms with Gasteiger partial charge in [-0.1, -0.05) is 6.07 Å². The van der Waals surface area contributed by atoms with Crippen molar-refractivity contribution in [3.8, 4) is 11.3 Å². The zero-order valence-electron chi connectivity index (χ0n) is 14.5. The van der Waals surface area contributed by atoms with Gasteiger partial charge >= 0.3 is 0 Å². The van der Waals surface area contributed by atoms with E-state index in [1.807, 2.05) is 24.4 Å². The number of nitrogens with two attached hydrogens (primary N) is 1. The molecule has 0 bridgehead atoms. The van der Waals surface area contributed by atoms with Crippen LogP contribution in [-0.4, -0.2) is 51.5 Å². The van der Waals surface area contributed by atoms with Gasteiger partial charge in [0.25, 0.3) is 0 Å². The minimum Gasteiger partial charge on any atom is -0.378 e. The summed E-state index contributed by atoms with van der Waals surface area (Å²) in [5.74, 6) is 0.834. The third-order valence-corrected chi connectivity index (χ3v) is 5.05. The molecule has 4 rings (SSSR count). The minimum atomic E-state index is -0.0986. The molecule has 1 saturated heterocycles. The van der Waals surface area contributed by atoms with Gasteiger partial charge in [-0.05, 0) is 23.9 Å². The van der Waals surface area contributed by atoms with E-state index in [1.165, 1.54) is 0 Å². The second-order valence-corrected chi connectivity index (χ2v) is 7.17. The number of benzene rings is 1. The summed E-state index contributed by atoms with van der Waals surface area (Å²) < 4.78 is 5.40. The Hall–Kier alpha value is -2.91. The maximum absolute atomic E-state index is 8.12. The van der Waals surface area contributed by atoms with Crippen LogP contribution >= 0.6 is 11.8 Å². The summed E-state index contributed by atoms with van der Waals surface area (Å²) in [6, 6.07) is 5.68. The number of amidine groups is 1. The summed E-state index contributed by atoms with van der Waals surface area (Å²) in [6.45, 7) is 2.99. The van der Waals surface area contributed by atoms with Gasteiger partial charge in [0, 0.05) is 41.3 Å². The van der Waals surface area contributed by atoms with Crippen LogP contribution in [0.1, 0.15) is 5.56 Å². The van der Waals surface area contributed by atoms with Crippen molar-refractivity contribution >= 4 is 38.7 Å². The number of fused-ring (bicyclic) bond motifs is 1. The molecule has 2 aromatic heterocycles. The highest BCUT2D eigenvalue weighted by Crippen LogP contribution is 2.30. The van der Waals surface area contributed by atoms with E-state index >= 15 is 0 Å². The number of hydrogen-bond donors (Lipinski definition) is 4. The van der Waals surface area contributed by atoms with Gasteiger partial charge in [-0.25, -0.2) is 4.98 Å². The van der Waals surface area contributed by atoms with E-state index in [-0.39, 0.29) is 10.2 Å². The summed E-state index contributed by atoms with van der Waals surface area (Å²) >= 11 is 0.929. The molecule has 0 atom stereocenters. The Kier molecular flexibility index (Phi) is 4.78. The Morgan fingerprint density at radius 1 is 1.22 bits per heavy atom. The van der Waals surface area contributed by atoms with Crippen molar-refractivity contribution in [2.45, 2.75) is 0 Å². The van der Waals surface area contributed by atoms with Crippen molar-refractivity contribution in [3.05, 3.63) is 42.4 Å². The van der Waals surface area contributed by atoms with Gasteiger partial charge in [0.2, 0.25) is 0 Å². The quantitative estimate of drug-likeness (QED) is 0.407. The third-order valence-electron chi connectivity index (χ3n) is 4.39. The zero-order chi connectivity index (χ0) is 18.8. The molecule has 3 heterocycles. The summed E-state index contributed by atoms with van der Waals surface area (Å²) in [7, 11) is 0. The van der Waals surface area contributed by atoms with Crippen LogP contribution in [-0.2, 0) is 4.74 Å². The molecule has 138 valence electrons. The number of nitrogens with zero attached hydrogens (tertiary/aromatic N) is 3. The standard InChI is InChI=1S/C18H19N7OS/c19-17(27-18(20)21)11-1-2-14-12(7-11)13(8-23-14)15-9-22-10-16(24-15)25-3-5-26-6-4-25/h1-2,7-10,19,23H,3-6H2,(H3,20,21). The van der Waals surface area contributed by atoms with Gasteiger partial charge in [0.05, 0.1) is 31.3 Å². The lowest BCUT2D eigenvalue weighted by Gasteiger charge is -2.27. The molecule has 0 saturated carbocycles. The average molecular weight is 381 g/mol. The summed E-state index contributed by atoms with van der Waals surface area (Å²) in [5, 5.41) is 16.6. The number of aromatic amines is 1. The van der Waals surface area contributed by atoms with Gasteiger partial charge in [0.15, 0.2) is 5.17 Å². The molecule has 1 fully saturated rings. The molecule has 3 aromatic rings. The Labute approximate surface area is 160 Å². The van der Waals surface area contributed by atoms with E-state index in [0.717, 1.165) is 52.8 Å². The van der Waals surface area contributed by atoms with E-state index < -0.39 is 0 Å². The molecule has 0 amide bonds. The van der Waals surface area contributed by atoms with Crippen LogP contribution in [0.3, 0.4) is 0 Å². The fourth-order valence-corrected chi connectivity index (χ4v) is 3.54. The summed E-state index contributed by atoms with van der Waals surface area (Å²) in [4.78, 5) is 14.6. The van der Waals surface area contributed by atoms with Crippen LogP contribution in [0.25, 0.3) is 22.2 Å². The van der Waals surface area contributed by atoms with Crippen molar-refractivity contribution < 1.29 is 4.74 Å². The van der Waals surface area contributed by atoms with E-state index in [0.29, 0.717) is 18.8 Å². The molecule has 5 N–H and O–H groups in total. The molecule has 8 nitrogen and oxygen atoms in total. The number of morpholine rings is 1. The number of hydrogen-bond acceptors (Lipinski definition) is 7. The zero-order valence-corrected chi connectivity index (χ0v) is 15.3. The maximum atomic E-state index is 8.12. The molecular formula is C18H19N7OS. The van der Waals surface area contributed by atoms with Crippen molar-refractivity contribution in [1.29, 1.82) is 10.8 Å². The first-order valence-corrected chi connectivity index (χ1v) is 9.30. The number of aromatic nitrogens is 3. The Morgan fingerprint density at radius 3 is 2.81 bits per heavy atom. The minimum absolute atomic E-state index is 0.0986. The molecule has 1 aliphatic rings. The molecule has 0 unspecified atom stereocenters. The molecule has 1 aromatic carbocycles. The largest absolute Gasteiger partial charge is 0.378 e. The van der Waals surface area contributed by atoms with Gasteiger partial charge in [-0.15, -0.1) is 0 Å². The van der Waals surface area contributed by atoms with Crippen LogP contribution < -0.4 is 10.6 Å². The highest BCUT2D eigenvalue weighted by atomic mass is 32.2. The van der Waals surface area contributed by atoms with Crippen molar-refractivity contribution in [3.63, 3.8) is 0 Å². The van der Waals surface area contributed by atoms with Gasteiger partial charge in [-0.2, -0.15) is 0 Å². The monoisotopic (exact) mass is 381 g/mol. The van der Waals surface area contributed by atoms with Gasteiger partial charge < -0.3 is 20.4 Å². The second-order valence-electron chi connectivity index (χ2n) is 6.12. The number of anilines is 1. The third kappa shape index (κ3) is 3.64. The van der Waals surface area contributed by atoms with E-state index in [1.54, 1.807) is 12.4 Å². The lowest BCUT2D eigenvalue weighted by atomic mass is 10.1. The van der Waals surface area contributed by atoms with Crippen LogP contribution in [0.4, 0.5) is 5.82 Å². The summed E-state index contributed by atoms with van der Waals surface area (Å²) in [6.07, 6.45) is 5.42. The van der Waals surface area contributed by atoms with Crippen molar-refractivity contribution in [2.75, 3.05) is 31.2 Å². The van der Waals surface area contributed by atoms with Crippen LogP contribution in [0.5, 0.6) is 0 Å². The first-order chi connectivity index (χ1) is 13.1. The highest BCUT2D eigenvalue weighted by molar-refractivity contribution is 8.26. The Balaban J connectivity index is 1.71. The van der Waals surface area contributed by atoms with E-state index in [9.17, 15) is 0 Å². The smallest absolute Gasteiger partial charge is 0.157 e. The molecule has 0 aliphatic carbocycles.